The van der Waals surface area contributed by atoms with Crippen molar-refractivity contribution in [1.82, 2.24) is 4.90 Å². The van der Waals surface area contributed by atoms with Crippen molar-refractivity contribution in [2.24, 2.45) is 5.41 Å². The van der Waals surface area contributed by atoms with E-state index in [2.05, 4.69) is 4.90 Å². The van der Waals surface area contributed by atoms with E-state index in [4.69, 9.17) is 0 Å². The number of aliphatic hydroxyl groups excluding tert-OH is 1. The average molecular weight is 237 g/mol. The van der Waals surface area contributed by atoms with Crippen LogP contribution in [-0.4, -0.2) is 35.2 Å². The molecule has 1 spiro atoms. The molecule has 0 radical (unpaired) electrons. The van der Waals surface area contributed by atoms with Gasteiger partial charge in [-0.05, 0) is 57.0 Å². The topological polar surface area (TPSA) is 23.5 Å². The summed E-state index contributed by atoms with van der Waals surface area (Å²) in [6.45, 7) is 2.50. The highest BCUT2D eigenvalue weighted by Gasteiger charge is 2.39. The quantitative estimate of drug-likeness (QED) is 0.758. The molecule has 0 aromatic rings. The summed E-state index contributed by atoms with van der Waals surface area (Å²) in [7, 11) is 0. The smallest absolute Gasteiger partial charge is 0.0695 e. The molecule has 2 atom stereocenters. The highest BCUT2D eigenvalue weighted by Crippen LogP contribution is 2.46. The molecule has 2 unspecified atom stereocenters. The Kier molecular flexibility index (Phi) is 3.45. The maximum absolute atomic E-state index is 10.1. The van der Waals surface area contributed by atoms with E-state index in [1.54, 1.807) is 0 Å². The maximum atomic E-state index is 10.1. The van der Waals surface area contributed by atoms with Crippen LogP contribution in [0.25, 0.3) is 0 Å². The first kappa shape index (κ1) is 12.0. The molecule has 1 heterocycles. The second-order valence-electron chi connectivity index (χ2n) is 6.66. The van der Waals surface area contributed by atoms with Crippen LogP contribution < -0.4 is 0 Å². The van der Waals surface area contributed by atoms with Gasteiger partial charge in [0.1, 0.15) is 0 Å². The first-order valence-corrected chi connectivity index (χ1v) is 7.71. The van der Waals surface area contributed by atoms with E-state index in [0.29, 0.717) is 6.04 Å². The molecule has 3 rings (SSSR count). The molecule has 0 bridgehead atoms. The molecule has 1 aliphatic heterocycles. The summed E-state index contributed by atoms with van der Waals surface area (Å²) in [4.78, 5) is 2.60. The second kappa shape index (κ2) is 4.89. The average Bonchev–Trinajstić information content (AvgIpc) is 2.80. The molecule has 2 saturated carbocycles. The van der Waals surface area contributed by atoms with E-state index in [9.17, 15) is 5.11 Å². The predicted octanol–water partition coefficient (Wildman–Crippen LogP) is 2.95. The van der Waals surface area contributed by atoms with Gasteiger partial charge in [-0.3, -0.25) is 4.90 Å². The minimum atomic E-state index is -0.0404. The lowest BCUT2D eigenvalue weighted by atomic mass is 9.76. The summed E-state index contributed by atoms with van der Waals surface area (Å²) >= 11 is 0. The van der Waals surface area contributed by atoms with Crippen LogP contribution in [0.1, 0.15) is 64.2 Å². The monoisotopic (exact) mass is 237 g/mol. The van der Waals surface area contributed by atoms with Gasteiger partial charge in [-0.2, -0.15) is 0 Å². The zero-order valence-electron chi connectivity index (χ0n) is 11.0. The van der Waals surface area contributed by atoms with E-state index < -0.39 is 0 Å². The van der Waals surface area contributed by atoms with Gasteiger partial charge < -0.3 is 5.11 Å². The van der Waals surface area contributed by atoms with Gasteiger partial charge in [-0.1, -0.05) is 25.7 Å². The second-order valence-corrected chi connectivity index (χ2v) is 6.66. The molecule has 17 heavy (non-hydrogen) atoms. The lowest BCUT2D eigenvalue weighted by Gasteiger charge is -2.45. The van der Waals surface area contributed by atoms with Gasteiger partial charge in [0.2, 0.25) is 0 Å². The van der Waals surface area contributed by atoms with Gasteiger partial charge in [-0.15, -0.1) is 0 Å². The molecule has 2 heteroatoms. The van der Waals surface area contributed by atoms with Gasteiger partial charge in [-0.25, -0.2) is 0 Å². The summed E-state index contributed by atoms with van der Waals surface area (Å²) in [5.41, 5.74) is 0.718. The standard InChI is InChI=1S/C15H27NO/c17-14-6-2-1-5-13(14)16-11-9-15(10-12-16)7-3-4-8-15/h13-14,17H,1-12H2. The molecule has 2 aliphatic carbocycles. The molecule has 0 amide bonds. The van der Waals surface area contributed by atoms with Crippen LogP contribution in [0, 0.1) is 5.41 Å². The van der Waals surface area contributed by atoms with Crippen LogP contribution in [-0.2, 0) is 0 Å². The van der Waals surface area contributed by atoms with Crippen LogP contribution in [0.4, 0.5) is 0 Å². The fourth-order valence-corrected chi connectivity index (χ4v) is 4.47. The van der Waals surface area contributed by atoms with Gasteiger partial charge in [0.05, 0.1) is 6.10 Å². The van der Waals surface area contributed by atoms with Gasteiger partial charge in [0.25, 0.3) is 0 Å². The Morgan fingerprint density at radius 3 is 2.12 bits per heavy atom. The molecule has 0 aromatic heterocycles. The largest absolute Gasteiger partial charge is 0.391 e. The van der Waals surface area contributed by atoms with Crippen molar-refractivity contribution >= 4 is 0 Å². The Labute approximate surface area is 105 Å². The minimum absolute atomic E-state index is 0.0404. The number of aliphatic hydroxyl groups is 1. The van der Waals surface area contributed by atoms with E-state index >= 15 is 0 Å². The Bertz CT molecular complexity index is 250. The third-order valence-corrected chi connectivity index (χ3v) is 5.69. The molecular formula is C15H27NO. The first-order valence-electron chi connectivity index (χ1n) is 7.71. The van der Waals surface area contributed by atoms with Crippen LogP contribution in [0.2, 0.25) is 0 Å². The Hall–Kier alpha value is -0.0800. The van der Waals surface area contributed by atoms with Crippen LogP contribution >= 0.6 is 0 Å². The molecule has 2 nitrogen and oxygen atoms in total. The molecular weight excluding hydrogens is 210 g/mol. The lowest BCUT2D eigenvalue weighted by Crippen LogP contribution is -2.50. The van der Waals surface area contributed by atoms with Crippen LogP contribution in [0.5, 0.6) is 0 Å². The zero-order chi connectivity index (χ0) is 11.7. The van der Waals surface area contributed by atoms with Crippen molar-refractivity contribution in [3.05, 3.63) is 0 Å². The molecule has 3 fully saturated rings. The van der Waals surface area contributed by atoms with Crippen LogP contribution in [0.15, 0.2) is 0 Å². The lowest BCUT2D eigenvalue weighted by molar-refractivity contribution is -0.0111. The summed E-state index contributed by atoms with van der Waals surface area (Å²) in [5, 5.41) is 10.1. The fraction of sp³-hybridized carbons (Fsp3) is 1.00. The Morgan fingerprint density at radius 1 is 0.824 bits per heavy atom. The molecule has 3 aliphatic rings. The number of piperidine rings is 1. The number of hydrogen-bond acceptors (Lipinski definition) is 2. The normalized spacial score (nSPS) is 38.6. The Morgan fingerprint density at radius 2 is 1.47 bits per heavy atom. The third-order valence-electron chi connectivity index (χ3n) is 5.69. The van der Waals surface area contributed by atoms with Crippen molar-refractivity contribution in [3.63, 3.8) is 0 Å². The summed E-state index contributed by atoms with van der Waals surface area (Å²) in [6.07, 6.45) is 13.5. The van der Waals surface area contributed by atoms with E-state index in [-0.39, 0.29) is 6.10 Å². The summed E-state index contributed by atoms with van der Waals surface area (Å²) in [6, 6.07) is 0.488. The van der Waals surface area contributed by atoms with Gasteiger partial charge in [0, 0.05) is 6.04 Å². The molecule has 98 valence electrons. The Balaban J connectivity index is 1.57. The maximum Gasteiger partial charge on any atom is 0.0695 e. The predicted molar refractivity (Wildman–Crippen MR) is 70.0 cm³/mol. The van der Waals surface area contributed by atoms with Gasteiger partial charge in [0.15, 0.2) is 0 Å². The van der Waals surface area contributed by atoms with E-state index in [1.165, 1.54) is 70.9 Å². The number of rotatable bonds is 1. The number of nitrogens with zero attached hydrogens (tertiary/aromatic N) is 1. The number of likely N-dealkylation sites (tertiary alicyclic amines) is 1. The SMILES string of the molecule is OC1CCCCC1N1CCC2(CCCC2)CC1. The van der Waals surface area contributed by atoms with Crippen molar-refractivity contribution in [2.75, 3.05) is 13.1 Å². The number of hydrogen-bond donors (Lipinski definition) is 1. The minimum Gasteiger partial charge on any atom is -0.391 e. The van der Waals surface area contributed by atoms with E-state index in [0.717, 1.165) is 11.8 Å². The first-order chi connectivity index (χ1) is 8.29. The molecule has 0 aromatic carbocycles. The summed E-state index contributed by atoms with van der Waals surface area (Å²) < 4.78 is 0. The van der Waals surface area contributed by atoms with Crippen molar-refractivity contribution < 1.29 is 5.11 Å². The fourth-order valence-electron chi connectivity index (χ4n) is 4.47. The molecule has 1 saturated heterocycles. The van der Waals surface area contributed by atoms with Crippen LogP contribution in [0.3, 0.4) is 0 Å². The highest BCUT2D eigenvalue weighted by molar-refractivity contribution is 4.93. The molecule has 1 N–H and O–H groups in total. The van der Waals surface area contributed by atoms with Crippen molar-refractivity contribution in [3.8, 4) is 0 Å². The zero-order valence-corrected chi connectivity index (χ0v) is 11.0. The van der Waals surface area contributed by atoms with Crippen molar-refractivity contribution in [2.45, 2.75) is 76.4 Å². The highest BCUT2D eigenvalue weighted by atomic mass is 16.3. The van der Waals surface area contributed by atoms with E-state index in [1.807, 2.05) is 0 Å². The third kappa shape index (κ3) is 2.39. The van der Waals surface area contributed by atoms with Crippen molar-refractivity contribution in [1.29, 1.82) is 0 Å². The van der Waals surface area contributed by atoms with Gasteiger partial charge >= 0.3 is 0 Å². The summed E-state index contributed by atoms with van der Waals surface area (Å²) in [5.74, 6) is 0.